The number of fused-ring (bicyclic) bond motifs is 1. The first-order valence-corrected chi connectivity index (χ1v) is 9.12. The van der Waals surface area contributed by atoms with Crippen molar-refractivity contribution in [2.75, 3.05) is 22.5 Å². The second-order valence-corrected chi connectivity index (χ2v) is 7.19. The second kappa shape index (κ2) is 7.10. The van der Waals surface area contributed by atoms with Gasteiger partial charge in [0.2, 0.25) is 16.9 Å². The number of thioether (sulfide) groups is 1. The van der Waals surface area contributed by atoms with Crippen LogP contribution in [0.15, 0.2) is 28.6 Å². The standard InChI is InChI=1S/C15H16N4O2S2/c1-2-12(20)16-14-17-18-15(23-14)22-9-13(21)19-8-7-10-5-3-4-6-11(10)19/h3-6H,2,7-9H2,1H3,(H,16,17,20). The molecule has 0 saturated carbocycles. The lowest BCUT2D eigenvalue weighted by Crippen LogP contribution is -2.30. The van der Waals surface area contributed by atoms with Gasteiger partial charge in [-0.15, -0.1) is 10.2 Å². The van der Waals surface area contributed by atoms with Gasteiger partial charge in [0.05, 0.1) is 5.75 Å². The smallest absolute Gasteiger partial charge is 0.237 e. The van der Waals surface area contributed by atoms with E-state index in [1.165, 1.54) is 28.7 Å². The Kier molecular flexibility index (Phi) is 4.92. The van der Waals surface area contributed by atoms with Crippen LogP contribution >= 0.6 is 23.1 Å². The molecular formula is C15H16N4O2S2. The van der Waals surface area contributed by atoms with E-state index in [1.807, 2.05) is 23.1 Å². The predicted molar refractivity (Wildman–Crippen MR) is 92.1 cm³/mol. The Balaban J connectivity index is 1.57. The molecule has 2 heterocycles. The van der Waals surface area contributed by atoms with Gasteiger partial charge in [-0.3, -0.25) is 9.59 Å². The van der Waals surface area contributed by atoms with Crippen LogP contribution in [-0.2, 0) is 16.0 Å². The van der Waals surface area contributed by atoms with Gasteiger partial charge >= 0.3 is 0 Å². The van der Waals surface area contributed by atoms with E-state index in [4.69, 9.17) is 0 Å². The number of carbonyl (C=O) groups is 2. The molecule has 2 aromatic rings. The lowest BCUT2D eigenvalue weighted by Gasteiger charge is -2.16. The molecule has 1 aliphatic rings. The normalized spacial score (nSPS) is 13.0. The van der Waals surface area contributed by atoms with E-state index in [0.29, 0.717) is 21.6 Å². The van der Waals surface area contributed by atoms with E-state index in [2.05, 4.69) is 21.6 Å². The van der Waals surface area contributed by atoms with Gasteiger partial charge in [0.25, 0.3) is 0 Å². The number of benzene rings is 1. The Labute approximate surface area is 142 Å². The fourth-order valence-corrected chi connectivity index (χ4v) is 3.97. The van der Waals surface area contributed by atoms with Gasteiger partial charge in [-0.2, -0.15) is 0 Å². The van der Waals surface area contributed by atoms with Crippen molar-refractivity contribution in [1.82, 2.24) is 10.2 Å². The molecule has 1 N–H and O–H groups in total. The maximum atomic E-state index is 12.4. The topological polar surface area (TPSA) is 75.2 Å². The van der Waals surface area contributed by atoms with Gasteiger partial charge < -0.3 is 10.2 Å². The van der Waals surface area contributed by atoms with Crippen molar-refractivity contribution in [2.45, 2.75) is 24.1 Å². The molecule has 6 nitrogen and oxygen atoms in total. The van der Waals surface area contributed by atoms with Crippen molar-refractivity contribution in [1.29, 1.82) is 0 Å². The molecule has 0 spiro atoms. The minimum absolute atomic E-state index is 0.0642. The van der Waals surface area contributed by atoms with Gasteiger partial charge in [-0.25, -0.2) is 0 Å². The van der Waals surface area contributed by atoms with E-state index < -0.39 is 0 Å². The summed E-state index contributed by atoms with van der Waals surface area (Å²) in [5, 5.41) is 11.0. The minimum Gasteiger partial charge on any atom is -0.311 e. The summed E-state index contributed by atoms with van der Waals surface area (Å²) in [4.78, 5) is 25.5. The Morgan fingerprint density at radius 2 is 2.17 bits per heavy atom. The molecule has 8 heteroatoms. The number of hydrogen-bond donors (Lipinski definition) is 1. The highest BCUT2D eigenvalue weighted by Crippen LogP contribution is 2.30. The largest absolute Gasteiger partial charge is 0.311 e. The number of carbonyl (C=O) groups excluding carboxylic acids is 2. The number of para-hydroxylation sites is 1. The van der Waals surface area contributed by atoms with E-state index >= 15 is 0 Å². The summed E-state index contributed by atoms with van der Waals surface area (Å²) in [6.45, 7) is 2.51. The van der Waals surface area contributed by atoms with E-state index in [9.17, 15) is 9.59 Å². The molecule has 0 saturated heterocycles. The predicted octanol–water partition coefficient (Wildman–Crippen LogP) is 2.57. The molecule has 0 unspecified atom stereocenters. The third-order valence-electron chi connectivity index (χ3n) is 3.48. The number of rotatable bonds is 5. The average molecular weight is 348 g/mol. The Morgan fingerprint density at radius 1 is 1.35 bits per heavy atom. The monoisotopic (exact) mass is 348 g/mol. The van der Waals surface area contributed by atoms with Crippen LogP contribution in [0, 0.1) is 0 Å². The summed E-state index contributed by atoms with van der Waals surface area (Å²) in [6.07, 6.45) is 1.30. The molecule has 0 bridgehead atoms. The van der Waals surface area contributed by atoms with Crippen LogP contribution in [0.2, 0.25) is 0 Å². The molecule has 0 aliphatic carbocycles. The van der Waals surface area contributed by atoms with Crippen LogP contribution in [0.1, 0.15) is 18.9 Å². The highest BCUT2D eigenvalue weighted by Gasteiger charge is 2.24. The van der Waals surface area contributed by atoms with Gasteiger partial charge in [-0.1, -0.05) is 48.2 Å². The van der Waals surface area contributed by atoms with Crippen LogP contribution in [0.4, 0.5) is 10.8 Å². The Hall–Kier alpha value is -1.93. The number of anilines is 2. The van der Waals surface area contributed by atoms with Crippen LogP contribution in [0.25, 0.3) is 0 Å². The maximum Gasteiger partial charge on any atom is 0.237 e. The molecule has 1 aromatic heterocycles. The first-order valence-electron chi connectivity index (χ1n) is 7.32. The molecular weight excluding hydrogens is 332 g/mol. The average Bonchev–Trinajstić information content (AvgIpc) is 3.19. The van der Waals surface area contributed by atoms with Crippen LogP contribution in [-0.4, -0.2) is 34.3 Å². The fourth-order valence-electron chi connectivity index (χ4n) is 2.32. The zero-order valence-corrected chi connectivity index (χ0v) is 14.2. The van der Waals surface area contributed by atoms with Crippen molar-refractivity contribution in [3.8, 4) is 0 Å². The van der Waals surface area contributed by atoms with Gasteiger partial charge in [-0.05, 0) is 18.1 Å². The summed E-state index contributed by atoms with van der Waals surface area (Å²) in [7, 11) is 0. The molecule has 1 aliphatic heterocycles. The van der Waals surface area contributed by atoms with Gasteiger partial charge in [0, 0.05) is 18.7 Å². The second-order valence-electron chi connectivity index (χ2n) is 4.99. The highest BCUT2D eigenvalue weighted by molar-refractivity contribution is 8.01. The highest BCUT2D eigenvalue weighted by atomic mass is 32.2. The van der Waals surface area contributed by atoms with E-state index in [-0.39, 0.29) is 11.8 Å². The fraction of sp³-hybridized carbons (Fsp3) is 0.333. The lowest BCUT2D eigenvalue weighted by molar-refractivity contribution is -0.116. The SMILES string of the molecule is CCC(=O)Nc1nnc(SCC(=O)N2CCc3ccccc32)s1. The number of nitrogens with zero attached hydrogens (tertiary/aromatic N) is 3. The molecule has 2 amide bonds. The number of amides is 2. The van der Waals surface area contributed by atoms with Crippen molar-refractivity contribution in [2.24, 2.45) is 0 Å². The molecule has 3 rings (SSSR count). The number of nitrogens with one attached hydrogen (secondary N) is 1. The van der Waals surface area contributed by atoms with Crippen molar-refractivity contribution in [3.63, 3.8) is 0 Å². The van der Waals surface area contributed by atoms with Crippen molar-refractivity contribution in [3.05, 3.63) is 29.8 Å². The van der Waals surface area contributed by atoms with Crippen molar-refractivity contribution >= 4 is 45.7 Å². The third kappa shape index (κ3) is 3.70. The molecule has 23 heavy (non-hydrogen) atoms. The number of aromatic nitrogens is 2. The van der Waals surface area contributed by atoms with E-state index in [0.717, 1.165) is 18.7 Å². The molecule has 0 atom stereocenters. The first kappa shape index (κ1) is 15.9. The zero-order valence-electron chi connectivity index (χ0n) is 12.6. The van der Waals surface area contributed by atoms with Crippen LogP contribution in [0.5, 0.6) is 0 Å². The Morgan fingerprint density at radius 3 is 3.00 bits per heavy atom. The van der Waals surface area contributed by atoms with Gasteiger partial charge in [0.1, 0.15) is 0 Å². The summed E-state index contributed by atoms with van der Waals surface area (Å²) in [5.74, 6) is 0.279. The third-order valence-corrected chi connectivity index (χ3v) is 5.44. The summed E-state index contributed by atoms with van der Waals surface area (Å²) in [5.41, 5.74) is 2.22. The van der Waals surface area contributed by atoms with Crippen molar-refractivity contribution < 1.29 is 9.59 Å². The molecule has 0 radical (unpaired) electrons. The van der Waals surface area contributed by atoms with Crippen LogP contribution in [0.3, 0.4) is 0 Å². The number of hydrogen-bond acceptors (Lipinski definition) is 6. The maximum absolute atomic E-state index is 12.4. The molecule has 120 valence electrons. The lowest BCUT2D eigenvalue weighted by atomic mass is 10.2. The van der Waals surface area contributed by atoms with E-state index in [1.54, 1.807) is 6.92 Å². The summed E-state index contributed by atoms with van der Waals surface area (Å²) >= 11 is 2.63. The zero-order chi connectivity index (χ0) is 16.2. The molecule has 0 fully saturated rings. The van der Waals surface area contributed by atoms with Crippen LogP contribution < -0.4 is 10.2 Å². The Bertz CT molecular complexity index is 732. The quantitative estimate of drug-likeness (QED) is 0.664. The summed E-state index contributed by atoms with van der Waals surface area (Å²) < 4.78 is 0.678. The summed E-state index contributed by atoms with van der Waals surface area (Å²) in [6, 6.07) is 7.98. The van der Waals surface area contributed by atoms with Gasteiger partial charge in [0.15, 0.2) is 4.34 Å². The molecule has 1 aromatic carbocycles. The first-order chi connectivity index (χ1) is 11.2. The minimum atomic E-state index is -0.0950.